The third kappa shape index (κ3) is 3.66. The van der Waals surface area contributed by atoms with Crippen molar-refractivity contribution in [2.24, 2.45) is 0 Å². The van der Waals surface area contributed by atoms with Gasteiger partial charge in [-0.2, -0.15) is 0 Å². The van der Waals surface area contributed by atoms with Gasteiger partial charge in [-0.25, -0.2) is 14.4 Å². The van der Waals surface area contributed by atoms with Gasteiger partial charge in [-0.3, -0.25) is 14.5 Å². The number of aliphatic hydroxyl groups excluding tert-OH is 2. The van der Waals surface area contributed by atoms with Gasteiger partial charge < -0.3 is 35.0 Å². The highest BCUT2D eigenvalue weighted by molar-refractivity contribution is 6.05. The van der Waals surface area contributed by atoms with Crippen molar-refractivity contribution in [3.8, 4) is 0 Å². The van der Waals surface area contributed by atoms with Gasteiger partial charge in [0.15, 0.2) is 12.1 Å². The Bertz CT molecular complexity index is 868. The summed E-state index contributed by atoms with van der Waals surface area (Å²) in [6.45, 7) is 6.80. The Morgan fingerprint density at radius 1 is 0.853 bits per heavy atom. The van der Waals surface area contributed by atoms with Crippen LogP contribution in [0.15, 0.2) is 0 Å². The van der Waals surface area contributed by atoms with Crippen LogP contribution in [0.5, 0.6) is 0 Å². The molecule has 13 heteroatoms. The van der Waals surface area contributed by atoms with Gasteiger partial charge in [0, 0.05) is 0 Å². The van der Waals surface area contributed by atoms with Gasteiger partial charge in [0.1, 0.15) is 16.7 Å². The lowest BCUT2D eigenvalue weighted by Gasteiger charge is -2.59. The van der Waals surface area contributed by atoms with Crippen LogP contribution in [0.1, 0.15) is 47.5 Å². The lowest BCUT2D eigenvalue weighted by Crippen LogP contribution is -2.84. The molecule has 3 aliphatic rings. The quantitative estimate of drug-likeness (QED) is 0.335. The third-order valence-electron chi connectivity index (χ3n) is 6.66. The van der Waals surface area contributed by atoms with Crippen LogP contribution in [0.25, 0.3) is 0 Å². The molecule has 3 fully saturated rings. The number of amides is 3. The van der Waals surface area contributed by atoms with Crippen molar-refractivity contribution in [3.05, 3.63) is 0 Å². The molecule has 3 heterocycles. The Morgan fingerprint density at radius 3 is 1.44 bits per heavy atom. The summed E-state index contributed by atoms with van der Waals surface area (Å²) in [5.74, 6) is -4.30. The first-order chi connectivity index (χ1) is 15.5. The Morgan fingerprint density at radius 2 is 1.21 bits per heavy atom. The molecule has 2 unspecified atom stereocenters. The second-order valence-electron chi connectivity index (χ2n) is 10.3. The highest BCUT2D eigenvalue weighted by atomic mass is 16.6. The molecule has 4 N–H and O–H groups in total. The Labute approximate surface area is 195 Å². The number of ether oxygens (including phenoxy) is 1. The summed E-state index contributed by atoms with van der Waals surface area (Å²) in [4.78, 5) is 66.1. The van der Waals surface area contributed by atoms with Crippen LogP contribution in [0.2, 0.25) is 0 Å². The van der Waals surface area contributed by atoms with E-state index < -0.39 is 70.8 Å². The molecule has 0 bridgehead atoms. The molecule has 13 nitrogen and oxygen atoms in total. The van der Waals surface area contributed by atoms with Crippen LogP contribution in [-0.4, -0.2) is 119 Å². The lowest BCUT2D eigenvalue weighted by atomic mass is 9.83. The predicted molar refractivity (Wildman–Crippen MR) is 112 cm³/mol. The minimum Gasteiger partial charge on any atom is -0.480 e. The average Bonchev–Trinajstić information content (AvgIpc) is 3.04. The van der Waals surface area contributed by atoms with Crippen molar-refractivity contribution in [2.45, 2.75) is 88.4 Å². The standard InChI is InChI=1S/C21H31N3O10/c1-10(25)12(14(27)28)22-8-20(16(22)31)6-7-21(24(20)18(33)34-19(3,4)5)9-23(17(21)32)13(11(2)26)15(29)30/h10-13,25-26H,6-9H2,1-5H3,(H,27,28)(H,29,30)/t10-,11-,12+,13+,20?,21?/m1/s1. The number of aliphatic carboxylic acids is 2. The van der Waals surface area contributed by atoms with Crippen molar-refractivity contribution in [3.63, 3.8) is 0 Å². The fraction of sp³-hybridized carbons (Fsp3) is 0.762. The number of carboxylic acid groups (broad SMARTS) is 2. The van der Waals surface area contributed by atoms with E-state index >= 15 is 0 Å². The van der Waals surface area contributed by atoms with Crippen molar-refractivity contribution >= 4 is 29.8 Å². The second-order valence-corrected chi connectivity index (χ2v) is 10.3. The van der Waals surface area contributed by atoms with Crippen LogP contribution in [0.3, 0.4) is 0 Å². The normalized spacial score (nSPS) is 30.0. The van der Waals surface area contributed by atoms with E-state index in [4.69, 9.17) is 4.74 Å². The summed E-state index contributed by atoms with van der Waals surface area (Å²) in [6, 6.07) is -3.06. The van der Waals surface area contributed by atoms with Crippen LogP contribution in [0, 0.1) is 0 Å². The summed E-state index contributed by atoms with van der Waals surface area (Å²) < 4.78 is 5.48. The number of carboxylic acids is 2. The van der Waals surface area contributed by atoms with Gasteiger partial charge in [-0.1, -0.05) is 0 Å². The summed E-state index contributed by atoms with van der Waals surface area (Å²) in [7, 11) is 0. The molecular weight excluding hydrogens is 454 g/mol. The minimum atomic E-state index is -1.56. The molecule has 34 heavy (non-hydrogen) atoms. The van der Waals surface area contributed by atoms with Crippen LogP contribution >= 0.6 is 0 Å². The molecule has 0 radical (unpaired) electrons. The number of nitrogens with zero attached hydrogens (tertiary/aromatic N) is 3. The van der Waals surface area contributed by atoms with E-state index in [0.29, 0.717) is 0 Å². The average molecular weight is 485 g/mol. The number of hydrogen-bond acceptors (Lipinski definition) is 8. The second kappa shape index (κ2) is 8.08. The van der Waals surface area contributed by atoms with E-state index in [1.807, 2.05) is 0 Å². The van der Waals surface area contributed by atoms with E-state index in [9.17, 15) is 44.4 Å². The minimum absolute atomic E-state index is 0.0275. The number of carbonyl (C=O) groups excluding carboxylic acids is 3. The lowest BCUT2D eigenvalue weighted by molar-refractivity contribution is -0.192. The first-order valence-corrected chi connectivity index (χ1v) is 11.0. The monoisotopic (exact) mass is 485 g/mol. The van der Waals surface area contributed by atoms with Crippen molar-refractivity contribution < 1.29 is 49.1 Å². The Kier molecular flexibility index (Phi) is 6.11. The van der Waals surface area contributed by atoms with Crippen LogP contribution in [0.4, 0.5) is 4.79 Å². The third-order valence-corrected chi connectivity index (χ3v) is 6.66. The first-order valence-electron chi connectivity index (χ1n) is 11.0. The smallest absolute Gasteiger partial charge is 0.412 e. The first kappa shape index (κ1) is 25.7. The van der Waals surface area contributed by atoms with Crippen molar-refractivity contribution in [1.82, 2.24) is 14.7 Å². The molecule has 3 amide bonds. The fourth-order valence-electron chi connectivity index (χ4n) is 5.25. The molecule has 3 saturated heterocycles. The molecule has 0 saturated carbocycles. The fourth-order valence-corrected chi connectivity index (χ4v) is 5.25. The highest BCUT2D eigenvalue weighted by Crippen LogP contribution is 2.53. The largest absolute Gasteiger partial charge is 0.480 e. The van der Waals surface area contributed by atoms with Gasteiger partial charge in [0.05, 0.1) is 25.3 Å². The molecule has 0 aliphatic carbocycles. The maximum Gasteiger partial charge on any atom is 0.412 e. The zero-order valence-corrected chi connectivity index (χ0v) is 19.7. The van der Waals surface area contributed by atoms with Crippen molar-refractivity contribution in [2.75, 3.05) is 13.1 Å². The van der Waals surface area contributed by atoms with E-state index in [2.05, 4.69) is 0 Å². The van der Waals surface area contributed by atoms with Gasteiger partial charge in [0.25, 0.3) is 11.8 Å². The number of likely N-dealkylation sites (tertiary alicyclic amines) is 3. The summed E-state index contributed by atoms with van der Waals surface area (Å²) >= 11 is 0. The maximum absolute atomic E-state index is 13.3. The number of rotatable bonds is 6. The maximum atomic E-state index is 13.3. The van der Waals surface area contributed by atoms with E-state index in [-0.39, 0.29) is 25.9 Å². The Hall–Kier alpha value is -2.93. The number of aliphatic hydroxyl groups is 2. The molecule has 190 valence electrons. The molecule has 3 aliphatic heterocycles. The van der Waals surface area contributed by atoms with Gasteiger partial charge in [0.2, 0.25) is 0 Å². The zero-order valence-electron chi connectivity index (χ0n) is 19.7. The molecule has 0 aromatic rings. The molecule has 3 rings (SSSR count). The van der Waals surface area contributed by atoms with E-state index in [1.54, 1.807) is 20.8 Å². The molecule has 6 atom stereocenters. The zero-order chi connectivity index (χ0) is 26.0. The Balaban J connectivity index is 1.98. The molecule has 2 spiro atoms. The molecule has 0 aromatic heterocycles. The van der Waals surface area contributed by atoms with Gasteiger partial charge in [-0.15, -0.1) is 0 Å². The molecular formula is C21H31N3O10. The summed E-state index contributed by atoms with van der Waals surface area (Å²) in [5.41, 5.74) is -4.10. The van der Waals surface area contributed by atoms with Crippen molar-refractivity contribution in [1.29, 1.82) is 0 Å². The van der Waals surface area contributed by atoms with Crippen LogP contribution in [-0.2, 0) is 23.9 Å². The van der Waals surface area contributed by atoms with E-state index in [1.165, 1.54) is 13.8 Å². The summed E-state index contributed by atoms with van der Waals surface area (Å²) in [5, 5.41) is 38.7. The number of hydrogen-bond donors (Lipinski definition) is 4. The predicted octanol–water partition coefficient (Wildman–Crippen LogP) is -1.15. The topological polar surface area (TPSA) is 185 Å². The SMILES string of the molecule is C[C@@H](O)[C@@H](C(=O)O)N1CC2(CCC3(CN([C@H](C(=O)O)[C@@H](C)O)C3=O)N2C(=O)OC(C)(C)C)C1=O. The van der Waals surface area contributed by atoms with E-state index in [0.717, 1.165) is 14.7 Å². The number of β-lactam (4-membered cyclic amide) rings is 2. The van der Waals surface area contributed by atoms with Gasteiger partial charge in [-0.05, 0) is 47.5 Å². The highest BCUT2D eigenvalue weighted by Gasteiger charge is 2.75. The van der Waals surface area contributed by atoms with Crippen LogP contribution < -0.4 is 0 Å². The summed E-state index contributed by atoms with van der Waals surface area (Å²) in [6.07, 6.45) is -3.67. The molecule has 0 aromatic carbocycles. The number of carbonyl (C=O) groups is 5. The van der Waals surface area contributed by atoms with Gasteiger partial charge >= 0.3 is 18.0 Å².